The van der Waals surface area contributed by atoms with E-state index in [0.717, 1.165) is 0 Å². The van der Waals surface area contributed by atoms with Gasteiger partial charge in [-0.2, -0.15) is 4.31 Å². The van der Waals surface area contributed by atoms with Gasteiger partial charge in [0, 0.05) is 45.3 Å². The number of hydrogen-bond donors (Lipinski definition) is 1. The maximum atomic E-state index is 13.7. The highest BCUT2D eigenvalue weighted by molar-refractivity contribution is 7.89. The molecule has 0 radical (unpaired) electrons. The number of nitrogens with one attached hydrogen (secondary N) is 1. The first-order chi connectivity index (χ1) is 12.8. The zero-order chi connectivity index (χ0) is 19.9. The third-order valence-electron chi connectivity index (χ3n) is 4.33. The van der Waals surface area contributed by atoms with E-state index in [-0.39, 0.29) is 24.3 Å². The Balaban J connectivity index is 1.85. The molecule has 0 spiro atoms. The van der Waals surface area contributed by atoms with Crippen molar-refractivity contribution in [2.45, 2.75) is 26.5 Å². The molecule has 0 aliphatic carbocycles. The Hall–Kier alpha value is -1.71. The molecule has 1 aromatic rings. The van der Waals surface area contributed by atoms with Gasteiger partial charge in [0.15, 0.2) is 5.96 Å². The Morgan fingerprint density at radius 2 is 1.93 bits per heavy atom. The second-order valence-electron chi connectivity index (χ2n) is 6.61. The van der Waals surface area contributed by atoms with Crippen LogP contribution in [0.5, 0.6) is 0 Å². The summed E-state index contributed by atoms with van der Waals surface area (Å²) in [5, 5.41) is 3.14. The molecule has 1 fully saturated rings. The van der Waals surface area contributed by atoms with Crippen molar-refractivity contribution in [1.29, 1.82) is 0 Å². The van der Waals surface area contributed by atoms with Gasteiger partial charge in [-0.15, -0.1) is 0 Å². The predicted molar refractivity (Wildman–Crippen MR) is 105 cm³/mol. The van der Waals surface area contributed by atoms with E-state index in [1.807, 2.05) is 18.7 Å². The summed E-state index contributed by atoms with van der Waals surface area (Å²) in [5.41, 5.74) is 0.560. The van der Waals surface area contributed by atoms with Crippen LogP contribution in [-0.2, 0) is 21.3 Å². The van der Waals surface area contributed by atoms with Crippen molar-refractivity contribution in [2.75, 3.05) is 45.6 Å². The molecular weight excluding hydrogens is 371 g/mol. The summed E-state index contributed by atoms with van der Waals surface area (Å²) in [5.74, 6) is 0.365. The minimum absolute atomic E-state index is 0.00849. The standard InChI is InChI=1S/C18H29FN4O3S/c1-15(2)26-12-13-27(24,25)23-10-8-22(9-11-23)18(20-3)21-14-16-6-4-5-7-17(16)19/h4-7,15H,8-14H2,1-3H3,(H,20,21). The van der Waals surface area contributed by atoms with Crippen LogP contribution < -0.4 is 5.32 Å². The molecule has 1 aromatic carbocycles. The lowest BCUT2D eigenvalue weighted by molar-refractivity contribution is 0.0904. The van der Waals surface area contributed by atoms with Crippen molar-refractivity contribution in [3.63, 3.8) is 0 Å². The number of benzene rings is 1. The zero-order valence-electron chi connectivity index (χ0n) is 16.2. The minimum atomic E-state index is -3.32. The summed E-state index contributed by atoms with van der Waals surface area (Å²) >= 11 is 0. The molecule has 1 saturated heterocycles. The van der Waals surface area contributed by atoms with Gasteiger partial charge in [0.2, 0.25) is 10.0 Å². The number of aliphatic imine (C=N–C) groups is 1. The highest BCUT2D eigenvalue weighted by Gasteiger charge is 2.28. The first-order valence-corrected chi connectivity index (χ1v) is 10.7. The number of guanidine groups is 1. The van der Waals surface area contributed by atoms with Crippen LogP contribution in [0.25, 0.3) is 0 Å². The Kier molecular flexibility index (Phi) is 8.00. The molecule has 9 heteroatoms. The van der Waals surface area contributed by atoms with Crippen molar-refractivity contribution in [3.8, 4) is 0 Å². The largest absolute Gasteiger partial charge is 0.378 e. The fourth-order valence-corrected chi connectivity index (χ4v) is 4.13. The number of ether oxygens (including phenoxy) is 1. The van der Waals surface area contributed by atoms with E-state index < -0.39 is 10.0 Å². The summed E-state index contributed by atoms with van der Waals surface area (Å²) < 4.78 is 45.4. The summed E-state index contributed by atoms with van der Waals surface area (Å²) in [6.07, 6.45) is 0.0147. The van der Waals surface area contributed by atoms with Gasteiger partial charge in [0.25, 0.3) is 0 Å². The molecule has 0 saturated carbocycles. The molecule has 0 aromatic heterocycles. The SMILES string of the molecule is CN=C(NCc1ccccc1F)N1CCN(S(=O)(=O)CCOC(C)C)CC1. The van der Waals surface area contributed by atoms with E-state index in [1.165, 1.54) is 10.4 Å². The fourth-order valence-electron chi connectivity index (χ4n) is 2.84. The highest BCUT2D eigenvalue weighted by atomic mass is 32.2. The van der Waals surface area contributed by atoms with Gasteiger partial charge < -0.3 is 15.0 Å². The number of rotatable bonds is 7. The molecule has 1 N–H and O–H groups in total. The topological polar surface area (TPSA) is 74.2 Å². The van der Waals surface area contributed by atoms with Crippen molar-refractivity contribution < 1.29 is 17.5 Å². The van der Waals surface area contributed by atoms with E-state index >= 15 is 0 Å². The zero-order valence-corrected chi connectivity index (χ0v) is 17.0. The quantitative estimate of drug-likeness (QED) is 0.551. The van der Waals surface area contributed by atoms with Crippen molar-refractivity contribution >= 4 is 16.0 Å². The minimum Gasteiger partial charge on any atom is -0.378 e. The van der Waals surface area contributed by atoms with Crippen LogP contribution in [-0.4, -0.2) is 75.3 Å². The second kappa shape index (κ2) is 10.0. The number of sulfonamides is 1. The molecule has 1 aliphatic rings. The Morgan fingerprint density at radius 3 is 2.52 bits per heavy atom. The van der Waals surface area contributed by atoms with Crippen LogP contribution in [0.1, 0.15) is 19.4 Å². The van der Waals surface area contributed by atoms with E-state index in [2.05, 4.69) is 10.3 Å². The lowest BCUT2D eigenvalue weighted by Crippen LogP contribution is -2.54. The van der Waals surface area contributed by atoms with Crippen LogP contribution in [0.15, 0.2) is 29.3 Å². The Labute approximate surface area is 161 Å². The monoisotopic (exact) mass is 400 g/mol. The summed E-state index contributed by atoms with van der Waals surface area (Å²) in [6, 6.07) is 6.58. The molecule has 0 unspecified atom stereocenters. The van der Waals surface area contributed by atoms with E-state index in [0.29, 0.717) is 44.2 Å². The summed E-state index contributed by atoms with van der Waals surface area (Å²) in [4.78, 5) is 6.22. The summed E-state index contributed by atoms with van der Waals surface area (Å²) in [7, 11) is -1.66. The Morgan fingerprint density at radius 1 is 1.26 bits per heavy atom. The molecule has 1 heterocycles. The van der Waals surface area contributed by atoms with E-state index in [9.17, 15) is 12.8 Å². The molecule has 0 bridgehead atoms. The molecule has 1 aliphatic heterocycles. The molecule has 152 valence electrons. The molecule has 0 amide bonds. The van der Waals surface area contributed by atoms with Gasteiger partial charge in [-0.3, -0.25) is 4.99 Å². The maximum Gasteiger partial charge on any atom is 0.216 e. The lowest BCUT2D eigenvalue weighted by Gasteiger charge is -2.35. The molecule has 7 nitrogen and oxygen atoms in total. The van der Waals surface area contributed by atoms with Gasteiger partial charge in [0.05, 0.1) is 18.5 Å². The highest BCUT2D eigenvalue weighted by Crippen LogP contribution is 2.10. The number of hydrogen-bond acceptors (Lipinski definition) is 4. The van der Waals surface area contributed by atoms with Gasteiger partial charge in [-0.05, 0) is 19.9 Å². The average Bonchev–Trinajstić information content (AvgIpc) is 2.63. The third-order valence-corrected chi connectivity index (χ3v) is 6.17. The van der Waals surface area contributed by atoms with Gasteiger partial charge >= 0.3 is 0 Å². The first kappa shape index (κ1) is 21.6. The maximum absolute atomic E-state index is 13.7. The van der Waals surface area contributed by atoms with Gasteiger partial charge in [-0.25, -0.2) is 12.8 Å². The normalized spacial score (nSPS) is 16.8. The van der Waals surface area contributed by atoms with Crippen LogP contribution >= 0.6 is 0 Å². The van der Waals surface area contributed by atoms with Crippen LogP contribution in [0, 0.1) is 5.82 Å². The second-order valence-corrected chi connectivity index (χ2v) is 8.70. The predicted octanol–water partition coefficient (Wildman–Crippen LogP) is 1.27. The molecular formula is C18H29FN4O3S. The number of piperazine rings is 1. The Bertz CT molecular complexity index is 732. The van der Waals surface area contributed by atoms with Gasteiger partial charge in [0.1, 0.15) is 5.82 Å². The average molecular weight is 401 g/mol. The van der Waals surface area contributed by atoms with Gasteiger partial charge in [-0.1, -0.05) is 18.2 Å². The van der Waals surface area contributed by atoms with E-state index in [1.54, 1.807) is 25.2 Å². The van der Waals surface area contributed by atoms with Crippen molar-refractivity contribution in [3.05, 3.63) is 35.6 Å². The fraction of sp³-hybridized carbons (Fsp3) is 0.611. The van der Waals surface area contributed by atoms with Crippen LogP contribution in [0.3, 0.4) is 0 Å². The van der Waals surface area contributed by atoms with Crippen LogP contribution in [0.2, 0.25) is 0 Å². The van der Waals surface area contributed by atoms with Crippen LogP contribution in [0.4, 0.5) is 4.39 Å². The summed E-state index contributed by atoms with van der Waals surface area (Å²) in [6.45, 7) is 6.13. The number of halogens is 1. The molecule has 0 atom stereocenters. The van der Waals surface area contributed by atoms with Crippen molar-refractivity contribution in [2.24, 2.45) is 4.99 Å². The lowest BCUT2D eigenvalue weighted by atomic mass is 10.2. The van der Waals surface area contributed by atoms with E-state index in [4.69, 9.17) is 4.74 Å². The third kappa shape index (κ3) is 6.44. The van der Waals surface area contributed by atoms with Crippen molar-refractivity contribution in [1.82, 2.24) is 14.5 Å². The smallest absolute Gasteiger partial charge is 0.216 e. The molecule has 2 rings (SSSR count). The molecule has 27 heavy (non-hydrogen) atoms. The first-order valence-electron chi connectivity index (χ1n) is 9.12. The number of nitrogens with zero attached hydrogens (tertiary/aromatic N) is 3.